The second-order valence-electron chi connectivity index (χ2n) is 5.32. The highest BCUT2D eigenvalue weighted by Crippen LogP contribution is 2.29. The molecule has 0 radical (unpaired) electrons. The number of rotatable bonds is 6. The van der Waals surface area contributed by atoms with Crippen LogP contribution in [0.3, 0.4) is 0 Å². The van der Waals surface area contributed by atoms with Gasteiger partial charge in [0.2, 0.25) is 0 Å². The van der Waals surface area contributed by atoms with Crippen molar-refractivity contribution in [2.75, 3.05) is 24.3 Å². The van der Waals surface area contributed by atoms with E-state index in [-0.39, 0.29) is 6.04 Å². The Morgan fingerprint density at radius 3 is 2.52 bits per heavy atom. The minimum atomic E-state index is 0.259. The minimum Gasteiger partial charge on any atom is -0.376 e. The third-order valence-electron chi connectivity index (χ3n) is 3.46. The van der Waals surface area contributed by atoms with E-state index in [9.17, 15) is 0 Å². The third kappa shape index (κ3) is 4.11. The van der Waals surface area contributed by atoms with E-state index in [1.165, 1.54) is 5.56 Å². The number of aromatic nitrogens is 1. The molecule has 1 unspecified atom stereocenters. The van der Waals surface area contributed by atoms with Crippen LogP contribution in [0.5, 0.6) is 0 Å². The van der Waals surface area contributed by atoms with Crippen LogP contribution in [-0.4, -0.2) is 19.1 Å². The Balaban J connectivity index is 2.26. The van der Waals surface area contributed by atoms with E-state index < -0.39 is 0 Å². The van der Waals surface area contributed by atoms with Gasteiger partial charge in [0.1, 0.15) is 0 Å². The fraction of sp³-hybridized carbons (Fsp3) is 0.353. The number of benzene rings is 1. The molecule has 1 N–H and O–H groups in total. The van der Waals surface area contributed by atoms with Crippen molar-refractivity contribution < 1.29 is 0 Å². The Morgan fingerprint density at radius 1 is 1.19 bits per heavy atom. The van der Waals surface area contributed by atoms with Gasteiger partial charge in [-0.25, -0.2) is 0 Å². The van der Waals surface area contributed by atoms with Crippen LogP contribution in [0.15, 0.2) is 42.7 Å². The van der Waals surface area contributed by atoms with E-state index in [2.05, 4.69) is 34.3 Å². The largest absolute Gasteiger partial charge is 0.376 e. The van der Waals surface area contributed by atoms with Crippen LogP contribution in [-0.2, 0) is 0 Å². The maximum Gasteiger partial charge on any atom is 0.0769 e. The van der Waals surface area contributed by atoms with E-state index in [0.29, 0.717) is 0 Å². The van der Waals surface area contributed by atoms with Gasteiger partial charge < -0.3 is 10.2 Å². The molecule has 0 spiro atoms. The zero-order chi connectivity index (χ0) is 15.2. The Kier molecular flexibility index (Phi) is 5.45. The molecule has 112 valence electrons. The molecule has 1 atom stereocenters. The van der Waals surface area contributed by atoms with Crippen molar-refractivity contribution in [2.24, 2.45) is 0 Å². The lowest BCUT2D eigenvalue weighted by Crippen LogP contribution is -2.16. The Morgan fingerprint density at radius 2 is 1.90 bits per heavy atom. The van der Waals surface area contributed by atoms with E-state index in [4.69, 9.17) is 11.6 Å². The summed E-state index contributed by atoms with van der Waals surface area (Å²) in [5.41, 5.74) is 3.44. The van der Waals surface area contributed by atoms with E-state index in [1.54, 1.807) is 0 Å². The van der Waals surface area contributed by atoms with Crippen molar-refractivity contribution in [2.45, 2.75) is 25.8 Å². The zero-order valence-corrected chi connectivity index (χ0v) is 13.6. The van der Waals surface area contributed by atoms with Gasteiger partial charge in [0.05, 0.1) is 23.6 Å². The number of hydrogen-bond acceptors (Lipinski definition) is 3. The van der Waals surface area contributed by atoms with Crippen LogP contribution in [0.4, 0.5) is 11.4 Å². The number of hydrogen-bond donors (Lipinski definition) is 1. The molecule has 2 aromatic rings. The molecule has 0 bridgehead atoms. The molecule has 0 aliphatic rings. The van der Waals surface area contributed by atoms with Gasteiger partial charge in [-0.3, -0.25) is 4.98 Å². The molecule has 1 heterocycles. The molecule has 0 saturated heterocycles. The molecule has 1 aromatic carbocycles. The molecule has 0 aliphatic carbocycles. The number of anilines is 2. The summed E-state index contributed by atoms with van der Waals surface area (Å²) in [7, 11) is 4.08. The number of halogens is 1. The van der Waals surface area contributed by atoms with Crippen LogP contribution in [0.2, 0.25) is 5.02 Å². The monoisotopic (exact) mass is 303 g/mol. The highest BCUT2D eigenvalue weighted by Gasteiger charge is 2.13. The first-order chi connectivity index (χ1) is 10.1. The van der Waals surface area contributed by atoms with Crippen LogP contribution in [0, 0.1) is 0 Å². The van der Waals surface area contributed by atoms with Crippen molar-refractivity contribution >= 4 is 23.0 Å². The molecule has 1 aromatic heterocycles. The van der Waals surface area contributed by atoms with Crippen molar-refractivity contribution in [3.05, 3.63) is 53.3 Å². The molecule has 0 fully saturated rings. The molecular formula is C17H22ClN3. The minimum absolute atomic E-state index is 0.259. The fourth-order valence-electron chi connectivity index (χ4n) is 2.38. The van der Waals surface area contributed by atoms with Gasteiger partial charge in [0, 0.05) is 25.3 Å². The second-order valence-corrected chi connectivity index (χ2v) is 5.76. The van der Waals surface area contributed by atoms with E-state index >= 15 is 0 Å². The van der Waals surface area contributed by atoms with Crippen LogP contribution >= 0.6 is 11.6 Å². The molecule has 0 amide bonds. The highest BCUT2D eigenvalue weighted by molar-refractivity contribution is 6.30. The summed E-state index contributed by atoms with van der Waals surface area (Å²) in [5.74, 6) is 0. The van der Waals surface area contributed by atoms with Crippen molar-refractivity contribution in [1.82, 2.24) is 4.98 Å². The summed E-state index contributed by atoms with van der Waals surface area (Å²) in [6.07, 6.45) is 5.87. The summed E-state index contributed by atoms with van der Waals surface area (Å²) in [6.45, 7) is 2.20. The summed E-state index contributed by atoms with van der Waals surface area (Å²) in [4.78, 5) is 6.33. The average Bonchev–Trinajstić information content (AvgIpc) is 2.48. The summed E-state index contributed by atoms with van der Waals surface area (Å²) < 4.78 is 0. The predicted molar refractivity (Wildman–Crippen MR) is 91.3 cm³/mol. The Labute approximate surface area is 132 Å². The Bertz CT molecular complexity index is 567. The summed E-state index contributed by atoms with van der Waals surface area (Å²) >= 11 is 5.98. The summed E-state index contributed by atoms with van der Waals surface area (Å²) in [6, 6.07) is 10.3. The second kappa shape index (κ2) is 7.32. The van der Waals surface area contributed by atoms with Crippen LogP contribution in [0.1, 0.15) is 31.4 Å². The lowest BCUT2D eigenvalue weighted by molar-refractivity contribution is 0.677. The van der Waals surface area contributed by atoms with Gasteiger partial charge in [-0.05, 0) is 30.2 Å². The van der Waals surface area contributed by atoms with Crippen molar-refractivity contribution in [3.8, 4) is 0 Å². The van der Waals surface area contributed by atoms with E-state index in [1.807, 2.05) is 44.7 Å². The first kappa shape index (κ1) is 15.6. The molecule has 2 rings (SSSR count). The summed E-state index contributed by atoms with van der Waals surface area (Å²) in [5, 5.41) is 4.39. The molecule has 0 aliphatic heterocycles. The first-order valence-electron chi connectivity index (χ1n) is 7.25. The lowest BCUT2D eigenvalue weighted by Gasteiger charge is -2.24. The first-order valence-corrected chi connectivity index (χ1v) is 7.63. The van der Waals surface area contributed by atoms with E-state index in [0.717, 1.165) is 29.2 Å². The van der Waals surface area contributed by atoms with Gasteiger partial charge in [0.15, 0.2) is 0 Å². The van der Waals surface area contributed by atoms with Gasteiger partial charge in [-0.15, -0.1) is 0 Å². The predicted octanol–water partition coefficient (Wildman–Crippen LogP) is 4.75. The fourth-order valence-corrected chi connectivity index (χ4v) is 2.51. The van der Waals surface area contributed by atoms with Gasteiger partial charge in [0.25, 0.3) is 0 Å². The topological polar surface area (TPSA) is 28.2 Å². The van der Waals surface area contributed by atoms with Crippen molar-refractivity contribution in [3.63, 3.8) is 0 Å². The third-order valence-corrected chi connectivity index (χ3v) is 3.71. The maximum atomic E-state index is 5.98. The van der Waals surface area contributed by atoms with Gasteiger partial charge in [-0.1, -0.05) is 37.1 Å². The molecule has 0 saturated carbocycles. The average molecular weight is 304 g/mol. The lowest BCUT2D eigenvalue weighted by atomic mass is 10.0. The highest BCUT2D eigenvalue weighted by atomic mass is 35.5. The van der Waals surface area contributed by atoms with Gasteiger partial charge >= 0.3 is 0 Å². The molecule has 3 nitrogen and oxygen atoms in total. The number of pyridine rings is 1. The van der Waals surface area contributed by atoms with Crippen molar-refractivity contribution in [1.29, 1.82) is 0 Å². The van der Waals surface area contributed by atoms with Crippen LogP contribution < -0.4 is 10.2 Å². The Hall–Kier alpha value is -1.74. The quantitative estimate of drug-likeness (QED) is 0.834. The number of nitrogens with one attached hydrogen (secondary N) is 1. The van der Waals surface area contributed by atoms with Gasteiger partial charge in [-0.2, -0.15) is 0 Å². The number of nitrogens with zero attached hydrogens (tertiary/aromatic N) is 2. The molecular weight excluding hydrogens is 282 g/mol. The normalized spacial score (nSPS) is 12.0. The maximum absolute atomic E-state index is 5.98. The standard InChI is InChI=1S/C17H22ClN3/c1-4-5-15(13-6-8-14(18)9-7-13)20-16-12-19-11-10-17(16)21(2)3/h6-12,15,20H,4-5H2,1-3H3. The molecule has 4 heteroatoms. The smallest absolute Gasteiger partial charge is 0.0769 e. The van der Waals surface area contributed by atoms with Crippen LogP contribution in [0.25, 0.3) is 0 Å². The zero-order valence-electron chi connectivity index (χ0n) is 12.8. The SMILES string of the molecule is CCCC(Nc1cnccc1N(C)C)c1ccc(Cl)cc1. The molecule has 21 heavy (non-hydrogen) atoms.